The molecule has 0 aliphatic carbocycles. The first-order valence-corrected chi connectivity index (χ1v) is 4.78. The van der Waals surface area contributed by atoms with Crippen molar-refractivity contribution >= 4 is 5.82 Å². The van der Waals surface area contributed by atoms with E-state index in [1.54, 1.807) is 11.9 Å². The molecule has 0 saturated heterocycles. The molecule has 0 amide bonds. The molecule has 0 radical (unpaired) electrons. The van der Waals surface area contributed by atoms with Gasteiger partial charge in [-0.25, -0.2) is 13.8 Å². The van der Waals surface area contributed by atoms with Crippen LogP contribution in [0.2, 0.25) is 0 Å². The van der Waals surface area contributed by atoms with E-state index in [9.17, 15) is 8.78 Å². The Bertz CT molecular complexity index is 328. The highest BCUT2D eigenvalue weighted by Crippen LogP contribution is 2.15. The van der Waals surface area contributed by atoms with Gasteiger partial charge < -0.3 is 10.6 Å². The summed E-state index contributed by atoms with van der Waals surface area (Å²) in [6, 6.07) is 0.876. The quantitative estimate of drug-likeness (QED) is 0.828. The van der Waals surface area contributed by atoms with E-state index in [-0.39, 0.29) is 11.9 Å². The van der Waals surface area contributed by atoms with Crippen LogP contribution >= 0.6 is 0 Å². The van der Waals surface area contributed by atoms with Gasteiger partial charge in [0.25, 0.3) is 0 Å². The van der Waals surface area contributed by atoms with Gasteiger partial charge in [-0.2, -0.15) is 0 Å². The van der Waals surface area contributed by atoms with E-state index in [0.717, 1.165) is 18.7 Å². The monoisotopic (exact) mass is 215 g/mol. The topological polar surface area (TPSA) is 42.1 Å². The molecule has 0 aromatic carbocycles. The standard InChI is InChI=1S/C10H15F2N3/c1-7(13)3-4-15(2)10-9(12)5-8(11)6-14-10/h5-7H,3-4,13H2,1-2H3. The summed E-state index contributed by atoms with van der Waals surface area (Å²) in [5.41, 5.74) is 5.58. The van der Waals surface area contributed by atoms with Crippen LogP contribution < -0.4 is 10.6 Å². The molecule has 0 bridgehead atoms. The van der Waals surface area contributed by atoms with Crippen molar-refractivity contribution in [1.29, 1.82) is 0 Å². The van der Waals surface area contributed by atoms with Crippen LogP contribution in [0.25, 0.3) is 0 Å². The molecule has 2 N–H and O–H groups in total. The molecule has 0 spiro atoms. The van der Waals surface area contributed by atoms with Gasteiger partial charge in [0.15, 0.2) is 11.6 Å². The molecule has 0 aliphatic rings. The smallest absolute Gasteiger partial charge is 0.168 e. The summed E-state index contributed by atoms with van der Waals surface area (Å²) >= 11 is 0. The van der Waals surface area contributed by atoms with E-state index in [4.69, 9.17) is 5.73 Å². The van der Waals surface area contributed by atoms with E-state index in [2.05, 4.69) is 4.98 Å². The molecule has 0 saturated carbocycles. The number of halogens is 2. The van der Waals surface area contributed by atoms with Gasteiger partial charge in [0, 0.05) is 25.7 Å². The van der Waals surface area contributed by atoms with Crippen LogP contribution in [0, 0.1) is 11.6 Å². The Balaban J connectivity index is 2.69. The number of hydrogen-bond acceptors (Lipinski definition) is 3. The fraction of sp³-hybridized carbons (Fsp3) is 0.500. The molecular formula is C10H15F2N3. The number of aromatic nitrogens is 1. The highest BCUT2D eigenvalue weighted by Gasteiger charge is 2.10. The SMILES string of the molecule is CC(N)CCN(C)c1ncc(F)cc1F. The van der Waals surface area contributed by atoms with E-state index in [1.807, 2.05) is 6.92 Å². The molecular weight excluding hydrogens is 200 g/mol. The zero-order valence-electron chi connectivity index (χ0n) is 8.87. The minimum atomic E-state index is -0.670. The predicted molar refractivity (Wildman–Crippen MR) is 55.7 cm³/mol. The third kappa shape index (κ3) is 3.43. The largest absolute Gasteiger partial charge is 0.357 e. The van der Waals surface area contributed by atoms with Crippen LogP contribution in [0.3, 0.4) is 0 Å². The van der Waals surface area contributed by atoms with Gasteiger partial charge >= 0.3 is 0 Å². The second kappa shape index (κ2) is 5.02. The zero-order valence-corrected chi connectivity index (χ0v) is 8.87. The molecule has 0 fully saturated rings. The van der Waals surface area contributed by atoms with E-state index < -0.39 is 11.6 Å². The van der Waals surface area contributed by atoms with Crippen molar-refractivity contribution in [3.63, 3.8) is 0 Å². The number of rotatable bonds is 4. The first-order chi connectivity index (χ1) is 7.00. The molecule has 3 nitrogen and oxygen atoms in total. The summed E-state index contributed by atoms with van der Waals surface area (Å²) in [5.74, 6) is -1.17. The molecule has 1 unspecified atom stereocenters. The molecule has 84 valence electrons. The van der Waals surface area contributed by atoms with E-state index in [1.165, 1.54) is 0 Å². The Morgan fingerprint density at radius 2 is 2.20 bits per heavy atom. The molecule has 1 aromatic rings. The number of nitrogens with zero attached hydrogens (tertiary/aromatic N) is 2. The molecule has 1 rings (SSSR count). The molecule has 5 heteroatoms. The highest BCUT2D eigenvalue weighted by molar-refractivity contribution is 5.38. The lowest BCUT2D eigenvalue weighted by molar-refractivity contribution is 0.566. The van der Waals surface area contributed by atoms with Gasteiger partial charge in [0.1, 0.15) is 5.82 Å². The Morgan fingerprint density at radius 3 is 2.73 bits per heavy atom. The summed E-state index contributed by atoms with van der Waals surface area (Å²) in [7, 11) is 1.70. The minimum Gasteiger partial charge on any atom is -0.357 e. The maximum atomic E-state index is 13.2. The van der Waals surface area contributed by atoms with Crippen LogP contribution in [0.4, 0.5) is 14.6 Å². The average molecular weight is 215 g/mol. The summed E-state index contributed by atoms with van der Waals surface area (Å²) in [4.78, 5) is 5.31. The lowest BCUT2D eigenvalue weighted by Crippen LogP contribution is -2.27. The van der Waals surface area contributed by atoms with Crippen molar-refractivity contribution in [2.75, 3.05) is 18.5 Å². The van der Waals surface area contributed by atoms with Gasteiger partial charge in [0.05, 0.1) is 6.20 Å². The van der Waals surface area contributed by atoms with Crippen molar-refractivity contribution in [2.24, 2.45) is 5.73 Å². The van der Waals surface area contributed by atoms with Crippen molar-refractivity contribution in [3.05, 3.63) is 23.9 Å². The van der Waals surface area contributed by atoms with Gasteiger partial charge in [-0.3, -0.25) is 0 Å². The van der Waals surface area contributed by atoms with Gasteiger partial charge in [-0.05, 0) is 13.3 Å². The summed E-state index contributed by atoms with van der Waals surface area (Å²) < 4.78 is 25.8. The zero-order chi connectivity index (χ0) is 11.4. The van der Waals surface area contributed by atoms with E-state index >= 15 is 0 Å². The Labute approximate surface area is 87.9 Å². The Kier molecular flexibility index (Phi) is 3.96. The summed E-state index contributed by atoms with van der Waals surface area (Å²) in [5, 5.41) is 0. The van der Waals surface area contributed by atoms with Crippen LogP contribution in [0.1, 0.15) is 13.3 Å². The van der Waals surface area contributed by atoms with Crippen LogP contribution in [0.5, 0.6) is 0 Å². The van der Waals surface area contributed by atoms with Crippen molar-refractivity contribution in [1.82, 2.24) is 4.98 Å². The second-order valence-electron chi connectivity index (χ2n) is 3.65. The van der Waals surface area contributed by atoms with Crippen molar-refractivity contribution in [3.8, 4) is 0 Å². The number of hydrogen-bond donors (Lipinski definition) is 1. The first kappa shape index (κ1) is 11.8. The van der Waals surface area contributed by atoms with Crippen LogP contribution in [-0.2, 0) is 0 Å². The molecule has 1 heterocycles. The lowest BCUT2D eigenvalue weighted by Gasteiger charge is -2.19. The first-order valence-electron chi connectivity index (χ1n) is 4.78. The molecule has 0 aliphatic heterocycles. The minimum absolute atomic E-state index is 0.0518. The fourth-order valence-corrected chi connectivity index (χ4v) is 1.19. The number of anilines is 1. The van der Waals surface area contributed by atoms with Crippen LogP contribution in [-0.4, -0.2) is 24.6 Å². The van der Waals surface area contributed by atoms with Gasteiger partial charge in [-0.15, -0.1) is 0 Å². The van der Waals surface area contributed by atoms with Gasteiger partial charge in [-0.1, -0.05) is 0 Å². The third-order valence-electron chi connectivity index (χ3n) is 2.07. The summed E-state index contributed by atoms with van der Waals surface area (Å²) in [6.07, 6.45) is 1.73. The maximum absolute atomic E-state index is 13.2. The Hall–Kier alpha value is -1.23. The van der Waals surface area contributed by atoms with E-state index in [0.29, 0.717) is 6.54 Å². The molecule has 1 atom stereocenters. The molecule has 15 heavy (non-hydrogen) atoms. The predicted octanol–water partition coefficient (Wildman–Crippen LogP) is 1.53. The summed E-state index contributed by atoms with van der Waals surface area (Å²) in [6.45, 7) is 2.47. The average Bonchev–Trinajstić information content (AvgIpc) is 2.14. The number of pyridine rings is 1. The highest BCUT2D eigenvalue weighted by atomic mass is 19.1. The van der Waals surface area contributed by atoms with Crippen LogP contribution in [0.15, 0.2) is 12.3 Å². The van der Waals surface area contributed by atoms with Gasteiger partial charge in [0.2, 0.25) is 0 Å². The normalized spacial score (nSPS) is 12.6. The lowest BCUT2D eigenvalue weighted by atomic mass is 10.2. The molecule has 1 aromatic heterocycles. The van der Waals surface area contributed by atoms with Crippen molar-refractivity contribution < 1.29 is 8.78 Å². The Morgan fingerprint density at radius 1 is 1.53 bits per heavy atom. The third-order valence-corrected chi connectivity index (χ3v) is 2.07. The fourth-order valence-electron chi connectivity index (χ4n) is 1.19. The number of nitrogens with two attached hydrogens (primary N) is 1. The maximum Gasteiger partial charge on any atom is 0.168 e. The second-order valence-corrected chi connectivity index (χ2v) is 3.65. The van der Waals surface area contributed by atoms with Crippen molar-refractivity contribution in [2.45, 2.75) is 19.4 Å².